The van der Waals surface area contributed by atoms with E-state index < -0.39 is 6.10 Å². The first kappa shape index (κ1) is 16.1. The average molecular weight is 354 g/mol. The van der Waals surface area contributed by atoms with Gasteiger partial charge in [-0.2, -0.15) is 0 Å². The molecule has 1 heterocycles. The second-order valence-electron chi connectivity index (χ2n) is 5.00. The third kappa shape index (κ3) is 5.19. The van der Waals surface area contributed by atoms with Gasteiger partial charge in [-0.05, 0) is 44.2 Å². The van der Waals surface area contributed by atoms with Crippen LogP contribution in [0.4, 0.5) is 0 Å². The van der Waals surface area contributed by atoms with Crippen molar-refractivity contribution in [1.82, 2.24) is 5.32 Å². The monoisotopic (exact) mass is 353 g/mol. The van der Waals surface area contributed by atoms with E-state index in [0.29, 0.717) is 6.54 Å². The van der Waals surface area contributed by atoms with Crippen molar-refractivity contribution in [2.75, 3.05) is 13.2 Å². The minimum absolute atomic E-state index is 0.0548. The van der Waals surface area contributed by atoms with E-state index in [4.69, 9.17) is 9.15 Å². The van der Waals surface area contributed by atoms with E-state index in [0.717, 1.165) is 21.7 Å². The first-order valence-electron chi connectivity index (χ1n) is 6.91. The number of benzene rings is 1. The third-order valence-corrected chi connectivity index (χ3v) is 3.58. The lowest BCUT2D eigenvalue weighted by atomic mass is 10.2. The lowest BCUT2D eigenvalue weighted by Gasteiger charge is -2.16. The van der Waals surface area contributed by atoms with Gasteiger partial charge in [0, 0.05) is 11.0 Å². The summed E-state index contributed by atoms with van der Waals surface area (Å²) in [4.78, 5) is 0. The summed E-state index contributed by atoms with van der Waals surface area (Å²) in [6.45, 7) is 4.60. The Morgan fingerprint density at radius 1 is 1.33 bits per heavy atom. The van der Waals surface area contributed by atoms with Crippen LogP contribution in [0.15, 0.2) is 45.3 Å². The summed E-state index contributed by atoms with van der Waals surface area (Å²) in [6.07, 6.45) is -0.581. The van der Waals surface area contributed by atoms with Crippen molar-refractivity contribution in [3.8, 4) is 5.75 Å². The highest BCUT2D eigenvalue weighted by atomic mass is 79.9. The molecule has 0 aliphatic carbocycles. The van der Waals surface area contributed by atoms with Crippen molar-refractivity contribution >= 4 is 15.9 Å². The maximum Gasteiger partial charge on any atom is 0.120 e. The van der Waals surface area contributed by atoms with Gasteiger partial charge >= 0.3 is 0 Å². The average Bonchev–Trinajstić information content (AvgIpc) is 2.89. The minimum atomic E-state index is -0.581. The number of halogens is 1. The van der Waals surface area contributed by atoms with Gasteiger partial charge in [-0.15, -0.1) is 0 Å². The van der Waals surface area contributed by atoms with Crippen molar-refractivity contribution in [3.05, 3.63) is 52.4 Å². The number of aryl methyl sites for hydroxylation is 1. The van der Waals surface area contributed by atoms with Crippen LogP contribution in [-0.4, -0.2) is 24.4 Å². The number of hydrogen-bond acceptors (Lipinski definition) is 4. The Morgan fingerprint density at radius 3 is 2.81 bits per heavy atom. The highest BCUT2D eigenvalue weighted by Gasteiger charge is 2.12. The van der Waals surface area contributed by atoms with Crippen LogP contribution in [0.2, 0.25) is 0 Å². The second-order valence-corrected chi connectivity index (χ2v) is 5.92. The molecule has 21 heavy (non-hydrogen) atoms. The summed E-state index contributed by atoms with van der Waals surface area (Å²) in [7, 11) is 0. The molecule has 0 saturated heterocycles. The molecule has 0 aliphatic rings. The van der Waals surface area contributed by atoms with Gasteiger partial charge in [0.05, 0.1) is 6.04 Å². The van der Waals surface area contributed by atoms with Gasteiger partial charge in [-0.3, -0.25) is 0 Å². The van der Waals surface area contributed by atoms with E-state index >= 15 is 0 Å². The van der Waals surface area contributed by atoms with Crippen molar-refractivity contribution < 1.29 is 14.3 Å². The van der Waals surface area contributed by atoms with Gasteiger partial charge in [0.15, 0.2) is 0 Å². The zero-order valence-corrected chi connectivity index (χ0v) is 13.8. The Morgan fingerprint density at radius 2 is 2.14 bits per heavy atom. The van der Waals surface area contributed by atoms with Crippen molar-refractivity contribution in [2.24, 2.45) is 0 Å². The number of rotatable bonds is 7. The van der Waals surface area contributed by atoms with Gasteiger partial charge in [0.25, 0.3) is 0 Å². The molecular weight excluding hydrogens is 334 g/mol. The Bertz CT molecular complexity index is 570. The topological polar surface area (TPSA) is 54.6 Å². The van der Waals surface area contributed by atoms with Crippen LogP contribution in [-0.2, 0) is 0 Å². The van der Waals surface area contributed by atoms with Gasteiger partial charge in [-0.1, -0.05) is 22.0 Å². The Balaban J connectivity index is 1.73. The van der Waals surface area contributed by atoms with Gasteiger partial charge in [0.1, 0.15) is 30.0 Å². The van der Waals surface area contributed by atoms with E-state index in [-0.39, 0.29) is 12.6 Å². The molecule has 4 nitrogen and oxygen atoms in total. The predicted molar refractivity (Wildman–Crippen MR) is 85.5 cm³/mol. The lowest BCUT2D eigenvalue weighted by Crippen LogP contribution is -2.32. The fourth-order valence-corrected chi connectivity index (χ4v) is 2.29. The van der Waals surface area contributed by atoms with Gasteiger partial charge < -0.3 is 19.6 Å². The standard InChI is InChI=1S/C16H20BrNO3/c1-11-6-7-16(21-11)12(2)18-9-14(19)10-20-15-5-3-4-13(17)8-15/h3-8,12,14,18-19H,9-10H2,1-2H3. The molecule has 0 bridgehead atoms. The van der Waals surface area contributed by atoms with E-state index in [9.17, 15) is 5.11 Å². The van der Waals surface area contributed by atoms with Crippen LogP contribution in [0, 0.1) is 6.92 Å². The number of aliphatic hydroxyl groups is 1. The van der Waals surface area contributed by atoms with E-state index in [1.165, 1.54) is 0 Å². The number of aliphatic hydroxyl groups excluding tert-OH is 1. The Kier molecular flexibility index (Phi) is 5.85. The summed E-state index contributed by atoms with van der Waals surface area (Å²) in [5.41, 5.74) is 0. The molecule has 2 N–H and O–H groups in total. The zero-order chi connectivity index (χ0) is 15.2. The Labute approximate surface area is 133 Å². The molecule has 2 unspecified atom stereocenters. The molecule has 0 saturated carbocycles. The number of ether oxygens (including phenoxy) is 1. The van der Waals surface area contributed by atoms with Crippen LogP contribution in [0.3, 0.4) is 0 Å². The summed E-state index contributed by atoms with van der Waals surface area (Å²) in [5, 5.41) is 13.2. The van der Waals surface area contributed by atoms with Gasteiger partial charge in [0.2, 0.25) is 0 Å². The molecule has 0 spiro atoms. The molecular formula is C16H20BrNO3. The fraction of sp³-hybridized carbons (Fsp3) is 0.375. The molecule has 2 atom stereocenters. The third-order valence-electron chi connectivity index (χ3n) is 3.09. The normalized spacial score (nSPS) is 13.9. The molecule has 2 aromatic rings. The Hall–Kier alpha value is -1.30. The SMILES string of the molecule is Cc1ccc(C(C)NCC(O)COc2cccc(Br)c2)o1. The summed E-state index contributed by atoms with van der Waals surface area (Å²) in [5.74, 6) is 2.49. The fourth-order valence-electron chi connectivity index (χ4n) is 1.91. The lowest BCUT2D eigenvalue weighted by molar-refractivity contribution is 0.103. The molecule has 5 heteroatoms. The number of furan rings is 1. The second kappa shape index (κ2) is 7.64. The number of nitrogens with one attached hydrogen (secondary N) is 1. The van der Waals surface area contributed by atoms with Crippen LogP contribution < -0.4 is 10.1 Å². The molecule has 114 valence electrons. The van der Waals surface area contributed by atoms with Gasteiger partial charge in [-0.25, -0.2) is 0 Å². The van der Waals surface area contributed by atoms with Crippen LogP contribution >= 0.6 is 15.9 Å². The van der Waals surface area contributed by atoms with Crippen molar-refractivity contribution in [1.29, 1.82) is 0 Å². The minimum Gasteiger partial charge on any atom is -0.491 e. The molecule has 1 aromatic carbocycles. The highest BCUT2D eigenvalue weighted by Crippen LogP contribution is 2.18. The molecule has 2 rings (SSSR count). The number of hydrogen-bond donors (Lipinski definition) is 2. The molecule has 0 radical (unpaired) electrons. The predicted octanol–water partition coefficient (Wildman–Crippen LogP) is 3.44. The largest absolute Gasteiger partial charge is 0.491 e. The van der Waals surface area contributed by atoms with Crippen LogP contribution in [0.25, 0.3) is 0 Å². The maximum absolute atomic E-state index is 9.95. The van der Waals surface area contributed by atoms with E-state index in [1.807, 2.05) is 50.2 Å². The summed E-state index contributed by atoms with van der Waals surface area (Å²) >= 11 is 3.38. The quantitative estimate of drug-likeness (QED) is 0.800. The van der Waals surface area contributed by atoms with Crippen LogP contribution in [0.1, 0.15) is 24.5 Å². The summed E-state index contributed by atoms with van der Waals surface area (Å²) in [6, 6.07) is 11.5. The van der Waals surface area contributed by atoms with Crippen molar-refractivity contribution in [3.63, 3.8) is 0 Å². The first-order valence-corrected chi connectivity index (χ1v) is 7.70. The molecule has 0 fully saturated rings. The van der Waals surface area contributed by atoms with E-state index in [1.54, 1.807) is 0 Å². The molecule has 1 aromatic heterocycles. The zero-order valence-electron chi connectivity index (χ0n) is 12.2. The smallest absolute Gasteiger partial charge is 0.120 e. The van der Waals surface area contributed by atoms with E-state index in [2.05, 4.69) is 21.2 Å². The molecule has 0 aliphatic heterocycles. The highest BCUT2D eigenvalue weighted by molar-refractivity contribution is 9.10. The van der Waals surface area contributed by atoms with Crippen LogP contribution in [0.5, 0.6) is 5.75 Å². The van der Waals surface area contributed by atoms with Crippen molar-refractivity contribution in [2.45, 2.75) is 26.0 Å². The summed E-state index contributed by atoms with van der Waals surface area (Å²) < 4.78 is 12.0. The first-order chi connectivity index (χ1) is 10.0. The maximum atomic E-state index is 9.95. The molecule has 0 amide bonds.